The predicted octanol–water partition coefficient (Wildman–Crippen LogP) is 1.42. The molecule has 0 fully saturated rings. The second kappa shape index (κ2) is 6.08. The van der Waals surface area contributed by atoms with E-state index >= 15 is 0 Å². The molecule has 4 nitrogen and oxygen atoms in total. The molecule has 1 aromatic rings. The summed E-state index contributed by atoms with van der Waals surface area (Å²) in [6.07, 6.45) is 0. The van der Waals surface area contributed by atoms with E-state index in [0.29, 0.717) is 13.1 Å². The molecule has 0 spiro atoms. The topological polar surface area (TPSA) is 52.6 Å². The van der Waals surface area contributed by atoms with Crippen LogP contribution in [0.1, 0.15) is 12.5 Å². The molecule has 0 aromatic heterocycles. The van der Waals surface area contributed by atoms with Gasteiger partial charge in [-0.3, -0.25) is 5.32 Å². The van der Waals surface area contributed by atoms with Crippen molar-refractivity contribution in [2.75, 3.05) is 27.2 Å². The van der Waals surface area contributed by atoms with E-state index < -0.39 is 23.1 Å². The minimum absolute atomic E-state index is 0.209. The predicted molar refractivity (Wildman–Crippen MR) is 67.9 cm³/mol. The van der Waals surface area contributed by atoms with Crippen molar-refractivity contribution in [1.82, 2.24) is 10.2 Å². The van der Waals surface area contributed by atoms with E-state index in [1.165, 1.54) is 6.92 Å². The maximum absolute atomic E-state index is 13.7. The second-order valence-electron chi connectivity index (χ2n) is 4.78. The van der Waals surface area contributed by atoms with Crippen LogP contribution in [0, 0.1) is 11.6 Å². The Morgan fingerprint density at radius 3 is 2.58 bits per heavy atom. The van der Waals surface area contributed by atoms with E-state index in [0.717, 1.165) is 18.2 Å². The number of carboxylic acid groups (broad SMARTS) is 1. The number of benzene rings is 1. The molecule has 0 aliphatic rings. The van der Waals surface area contributed by atoms with Gasteiger partial charge in [0.25, 0.3) is 0 Å². The van der Waals surface area contributed by atoms with E-state index in [9.17, 15) is 18.7 Å². The Labute approximate surface area is 111 Å². The van der Waals surface area contributed by atoms with Crippen molar-refractivity contribution in [2.24, 2.45) is 0 Å². The number of hydrogen-bond donors (Lipinski definition) is 2. The largest absolute Gasteiger partial charge is 0.480 e. The normalized spacial score (nSPS) is 14.4. The second-order valence-corrected chi connectivity index (χ2v) is 4.78. The summed E-state index contributed by atoms with van der Waals surface area (Å²) in [5.41, 5.74) is -1.87. The van der Waals surface area contributed by atoms with Gasteiger partial charge in [0, 0.05) is 18.7 Å². The lowest BCUT2D eigenvalue weighted by Crippen LogP contribution is -2.49. The van der Waals surface area contributed by atoms with Crippen LogP contribution in [0.4, 0.5) is 8.78 Å². The zero-order valence-corrected chi connectivity index (χ0v) is 11.2. The molecule has 0 amide bonds. The third-order valence-electron chi connectivity index (χ3n) is 2.93. The maximum atomic E-state index is 13.7. The van der Waals surface area contributed by atoms with Gasteiger partial charge in [0.05, 0.1) is 0 Å². The summed E-state index contributed by atoms with van der Waals surface area (Å²) >= 11 is 0. The minimum Gasteiger partial charge on any atom is -0.480 e. The SMILES string of the molecule is CN(C)CCNC(C)(C(=O)O)c1cc(F)ccc1F. The summed E-state index contributed by atoms with van der Waals surface area (Å²) in [4.78, 5) is 13.3. The molecular formula is C13H18F2N2O2. The number of rotatable bonds is 6. The Balaban J connectivity index is 3.04. The van der Waals surface area contributed by atoms with Crippen LogP contribution >= 0.6 is 0 Å². The minimum atomic E-state index is -1.66. The molecule has 2 N–H and O–H groups in total. The van der Waals surface area contributed by atoms with Crippen molar-refractivity contribution < 1.29 is 18.7 Å². The third-order valence-corrected chi connectivity index (χ3v) is 2.93. The lowest BCUT2D eigenvalue weighted by molar-refractivity contribution is -0.144. The monoisotopic (exact) mass is 272 g/mol. The van der Waals surface area contributed by atoms with Crippen LogP contribution < -0.4 is 5.32 Å². The first-order valence-electron chi connectivity index (χ1n) is 5.86. The maximum Gasteiger partial charge on any atom is 0.328 e. The molecule has 0 heterocycles. The van der Waals surface area contributed by atoms with Crippen LogP contribution in [-0.4, -0.2) is 43.2 Å². The molecule has 0 aliphatic heterocycles. The van der Waals surface area contributed by atoms with E-state index in [2.05, 4.69) is 5.32 Å². The zero-order valence-electron chi connectivity index (χ0n) is 11.2. The van der Waals surface area contributed by atoms with Gasteiger partial charge in [-0.1, -0.05) is 0 Å². The number of aliphatic carboxylic acids is 1. The van der Waals surface area contributed by atoms with Crippen LogP contribution in [0.5, 0.6) is 0 Å². The average Bonchev–Trinajstić information content (AvgIpc) is 2.31. The first kappa shape index (κ1) is 15.5. The fraction of sp³-hybridized carbons (Fsp3) is 0.462. The lowest BCUT2D eigenvalue weighted by atomic mass is 9.91. The first-order chi connectivity index (χ1) is 8.77. The van der Waals surface area contributed by atoms with Crippen molar-refractivity contribution in [3.05, 3.63) is 35.4 Å². The fourth-order valence-corrected chi connectivity index (χ4v) is 1.70. The molecule has 0 aliphatic carbocycles. The summed E-state index contributed by atoms with van der Waals surface area (Å²) in [5.74, 6) is -2.67. The van der Waals surface area contributed by atoms with Crippen LogP contribution in [0.15, 0.2) is 18.2 Å². The molecule has 0 saturated carbocycles. The summed E-state index contributed by atoms with van der Waals surface area (Å²) in [6, 6.07) is 2.80. The van der Waals surface area contributed by atoms with Crippen molar-refractivity contribution in [3.63, 3.8) is 0 Å². The van der Waals surface area contributed by atoms with Crippen LogP contribution in [-0.2, 0) is 10.3 Å². The molecule has 1 unspecified atom stereocenters. The Morgan fingerprint density at radius 2 is 2.05 bits per heavy atom. The van der Waals surface area contributed by atoms with Gasteiger partial charge >= 0.3 is 5.97 Å². The van der Waals surface area contributed by atoms with Gasteiger partial charge in [-0.2, -0.15) is 0 Å². The summed E-state index contributed by atoms with van der Waals surface area (Å²) in [6.45, 7) is 2.24. The molecule has 0 radical (unpaired) electrons. The van der Waals surface area contributed by atoms with Gasteiger partial charge < -0.3 is 10.0 Å². The number of carboxylic acids is 1. The molecule has 1 rings (SSSR count). The van der Waals surface area contributed by atoms with Crippen LogP contribution in [0.2, 0.25) is 0 Å². The average molecular weight is 272 g/mol. The number of carbonyl (C=O) groups is 1. The third kappa shape index (κ3) is 3.71. The smallest absolute Gasteiger partial charge is 0.328 e. The Morgan fingerprint density at radius 1 is 1.42 bits per heavy atom. The Bertz CT molecular complexity index is 466. The summed E-state index contributed by atoms with van der Waals surface area (Å²) in [5, 5.41) is 12.1. The van der Waals surface area contributed by atoms with Crippen molar-refractivity contribution >= 4 is 5.97 Å². The molecule has 6 heteroatoms. The highest BCUT2D eigenvalue weighted by Gasteiger charge is 2.37. The standard InChI is InChI=1S/C13H18F2N2O2/c1-13(12(18)19,16-6-7-17(2)3)10-8-9(14)4-5-11(10)15/h4-5,8,16H,6-7H2,1-3H3,(H,18,19). The Kier molecular flexibility index (Phi) is 4.97. The molecular weight excluding hydrogens is 254 g/mol. The molecule has 19 heavy (non-hydrogen) atoms. The van der Waals surface area contributed by atoms with E-state index in [-0.39, 0.29) is 5.56 Å². The molecule has 0 saturated heterocycles. The van der Waals surface area contributed by atoms with Gasteiger partial charge in [-0.25, -0.2) is 13.6 Å². The Hall–Kier alpha value is -1.53. The van der Waals surface area contributed by atoms with Crippen LogP contribution in [0.3, 0.4) is 0 Å². The molecule has 1 atom stereocenters. The highest BCUT2D eigenvalue weighted by Crippen LogP contribution is 2.24. The zero-order chi connectivity index (χ0) is 14.6. The van der Waals surface area contributed by atoms with E-state index in [1.54, 1.807) is 0 Å². The van der Waals surface area contributed by atoms with Gasteiger partial charge in [0.2, 0.25) is 0 Å². The molecule has 1 aromatic carbocycles. The first-order valence-corrected chi connectivity index (χ1v) is 5.86. The van der Waals surface area contributed by atoms with Gasteiger partial charge in [-0.15, -0.1) is 0 Å². The van der Waals surface area contributed by atoms with Crippen molar-refractivity contribution in [1.29, 1.82) is 0 Å². The number of nitrogens with one attached hydrogen (secondary N) is 1. The summed E-state index contributed by atoms with van der Waals surface area (Å²) < 4.78 is 26.9. The quantitative estimate of drug-likeness (QED) is 0.822. The van der Waals surface area contributed by atoms with Gasteiger partial charge in [0.1, 0.15) is 17.2 Å². The van der Waals surface area contributed by atoms with Crippen molar-refractivity contribution in [2.45, 2.75) is 12.5 Å². The number of nitrogens with zero attached hydrogens (tertiary/aromatic N) is 1. The molecule has 106 valence electrons. The number of halogens is 2. The highest BCUT2D eigenvalue weighted by molar-refractivity contribution is 5.80. The highest BCUT2D eigenvalue weighted by atomic mass is 19.1. The molecule has 0 bridgehead atoms. The lowest BCUT2D eigenvalue weighted by Gasteiger charge is -2.28. The number of likely N-dealkylation sites (N-methyl/N-ethyl adjacent to an activating group) is 1. The van der Waals surface area contributed by atoms with E-state index in [1.807, 2.05) is 19.0 Å². The van der Waals surface area contributed by atoms with Gasteiger partial charge in [-0.05, 0) is 39.2 Å². The fourth-order valence-electron chi connectivity index (χ4n) is 1.70. The van der Waals surface area contributed by atoms with E-state index in [4.69, 9.17) is 0 Å². The summed E-state index contributed by atoms with van der Waals surface area (Å²) in [7, 11) is 3.67. The number of hydrogen-bond acceptors (Lipinski definition) is 3. The van der Waals surface area contributed by atoms with Crippen LogP contribution in [0.25, 0.3) is 0 Å². The van der Waals surface area contributed by atoms with Crippen molar-refractivity contribution in [3.8, 4) is 0 Å². The van der Waals surface area contributed by atoms with Gasteiger partial charge in [0.15, 0.2) is 0 Å².